The highest BCUT2D eigenvalue weighted by molar-refractivity contribution is 5.88. The second kappa shape index (κ2) is 8.66. The van der Waals surface area contributed by atoms with Gasteiger partial charge in [-0.25, -0.2) is 4.79 Å². The van der Waals surface area contributed by atoms with Gasteiger partial charge in [0.2, 0.25) is 0 Å². The average Bonchev–Trinajstić information content (AvgIpc) is 2.75. The molecule has 0 bridgehead atoms. The van der Waals surface area contributed by atoms with Crippen LogP contribution in [0.1, 0.15) is 54.2 Å². The summed E-state index contributed by atoms with van der Waals surface area (Å²) in [7, 11) is 0. The first-order valence-corrected chi connectivity index (χ1v) is 11.1. The summed E-state index contributed by atoms with van der Waals surface area (Å²) in [6, 6.07) is 22.5. The molecule has 0 saturated heterocycles. The third kappa shape index (κ3) is 4.62. The van der Waals surface area contributed by atoms with Crippen LogP contribution in [0.15, 0.2) is 75.9 Å². The van der Waals surface area contributed by atoms with E-state index in [1.54, 1.807) is 0 Å². The zero-order valence-electron chi connectivity index (χ0n) is 19.5. The van der Waals surface area contributed by atoms with E-state index in [9.17, 15) is 4.79 Å². The molecular formula is C29H30O3. The highest BCUT2D eigenvalue weighted by Gasteiger charge is 2.17. The largest absolute Gasteiger partial charge is 0.488 e. The standard InChI is InChI=1S/C29H30O3/c1-19-15-25(31-18-22-11-13-23(14-12-22)29(3,4)5)27-20(2)24(28(30)32-26(27)16-19)17-21-9-7-6-8-10-21/h6-16H,17-18H2,1-5H3. The molecule has 0 aliphatic heterocycles. The lowest BCUT2D eigenvalue weighted by Gasteiger charge is -2.19. The molecule has 0 N–H and O–H groups in total. The van der Waals surface area contributed by atoms with Gasteiger partial charge < -0.3 is 9.15 Å². The highest BCUT2D eigenvalue weighted by atomic mass is 16.5. The second-order valence-electron chi connectivity index (χ2n) is 9.53. The normalized spacial score (nSPS) is 11.7. The van der Waals surface area contributed by atoms with Crippen molar-refractivity contribution in [2.75, 3.05) is 0 Å². The summed E-state index contributed by atoms with van der Waals surface area (Å²) in [4.78, 5) is 12.8. The van der Waals surface area contributed by atoms with Gasteiger partial charge in [0.05, 0.1) is 5.39 Å². The Labute approximate surface area is 189 Å². The molecule has 1 heterocycles. The molecule has 0 atom stereocenters. The Bertz CT molecular complexity index is 1290. The first-order valence-electron chi connectivity index (χ1n) is 11.1. The first kappa shape index (κ1) is 21.9. The topological polar surface area (TPSA) is 39.4 Å². The molecular weight excluding hydrogens is 396 g/mol. The Hall–Kier alpha value is -3.33. The maximum Gasteiger partial charge on any atom is 0.340 e. The molecule has 3 heteroatoms. The molecule has 4 aromatic rings. The molecule has 0 aliphatic rings. The molecule has 0 saturated carbocycles. The molecule has 3 aromatic carbocycles. The van der Waals surface area contributed by atoms with Crippen molar-refractivity contribution in [3.05, 3.63) is 111 Å². The van der Waals surface area contributed by atoms with Crippen molar-refractivity contribution in [3.8, 4) is 5.75 Å². The Morgan fingerprint density at radius 3 is 2.22 bits per heavy atom. The van der Waals surface area contributed by atoms with E-state index >= 15 is 0 Å². The van der Waals surface area contributed by atoms with Gasteiger partial charge in [0.25, 0.3) is 0 Å². The monoisotopic (exact) mass is 426 g/mol. The van der Waals surface area contributed by atoms with Crippen molar-refractivity contribution >= 4 is 11.0 Å². The zero-order valence-corrected chi connectivity index (χ0v) is 19.5. The van der Waals surface area contributed by atoms with Crippen LogP contribution < -0.4 is 10.4 Å². The van der Waals surface area contributed by atoms with Gasteiger partial charge in [-0.15, -0.1) is 0 Å². The van der Waals surface area contributed by atoms with E-state index in [1.807, 2.05) is 56.3 Å². The summed E-state index contributed by atoms with van der Waals surface area (Å²) in [6.07, 6.45) is 0.534. The van der Waals surface area contributed by atoms with Crippen molar-refractivity contribution in [1.29, 1.82) is 0 Å². The maximum atomic E-state index is 12.8. The maximum absolute atomic E-state index is 12.8. The fourth-order valence-corrected chi connectivity index (χ4v) is 4.02. The zero-order chi connectivity index (χ0) is 22.9. The fourth-order valence-electron chi connectivity index (χ4n) is 4.02. The predicted molar refractivity (Wildman–Crippen MR) is 131 cm³/mol. The molecule has 1 aromatic heterocycles. The summed E-state index contributed by atoms with van der Waals surface area (Å²) >= 11 is 0. The van der Waals surface area contributed by atoms with Crippen LogP contribution in [0.2, 0.25) is 0 Å². The number of rotatable bonds is 5. The lowest BCUT2D eigenvalue weighted by molar-refractivity contribution is 0.309. The van der Waals surface area contributed by atoms with Gasteiger partial charge in [0.15, 0.2) is 0 Å². The van der Waals surface area contributed by atoms with Gasteiger partial charge in [-0.3, -0.25) is 0 Å². The molecule has 0 unspecified atom stereocenters. The van der Waals surface area contributed by atoms with Crippen LogP contribution in [-0.4, -0.2) is 0 Å². The van der Waals surface area contributed by atoms with Gasteiger partial charge in [-0.1, -0.05) is 75.4 Å². The van der Waals surface area contributed by atoms with Crippen molar-refractivity contribution in [1.82, 2.24) is 0 Å². The van der Waals surface area contributed by atoms with Crippen LogP contribution in [0.3, 0.4) is 0 Å². The second-order valence-corrected chi connectivity index (χ2v) is 9.53. The van der Waals surface area contributed by atoms with E-state index in [-0.39, 0.29) is 11.0 Å². The van der Waals surface area contributed by atoms with Gasteiger partial charge in [-0.05, 0) is 59.2 Å². The van der Waals surface area contributed by atoms with Gasteiger partial charge in [0.1, 0.15) is 17.9 Å². The molecule has 164 valence electrons. The van der Waals surface area contributed by atoms with E-state index < -0.39 is 0 Å². The number of hydrogen-bond acceptors (Lipinski definition) is 3. The van der Waals surface area contributed by atoms with E-state index in [2.05, 4.69) is 45.0 Å². The third-order valence-electron chi connectivity index (χ3n) is 5.93. The van der Waals surface area contributed by atoms with Crippen LogP contribution in [0.4, 0.5) is 0 Å². The SMILES string of the molecule is Cc1cc(OCc2ccc(C(C)(C)C)cc2)c2c(C)c(Cc3ccccc3)c(=O)oc2c1. The van der Waals surface area contributed by atoms with Crippen LogP contribution >= 0.6 is 0 Å². The average molecular weight is 427 g/mol. The van der Waals surface area contributed by atoms with Crippen molar-refractivity contribution in [2.45, 2.75) is 53.1 Å². The summed E-state index contributed by atoms with van der Waals surface area (Å²) < 4.78 is 12.0. The molecule has 0 spiro atoms. The quantitative estimate of drug-likeness (QED) is 0.327. The predicted octanol–water partition coefficient (Wildman–Crippen LogP) is 6.88. The van der Waals surface area contributed by atoms with Crippen molar-refractivity contribution in [2.24, 2.45) is 0 Å². The minimum Gasteiger partial charge on any atom is -0.488 e. The highest BCUT2D eigenvalue weighted by Crippen LogP contribution is 2.32. The molecule has 4 rings (SSSR count). The summed E-state index contributed by atoms with van der Waals surface area (Å²) in [5, 5.41) is 0.868. The Kier molecular flexibility index (Phi) is 5.92. The molecule has 3 nitrogen and oxygen atoms in total. The van der Waals surface area contributed by atoms with Crippen molar-refractivity contribution in [3.63, 3.8) is 0 Å². The third-order valence-corrected chi connectivity index (χ3v) is 5.93. The lowest BCUT2D eigenvalue weighted by atomic mass is 9.87. The van der Waals surface area contributed by atoms with Gasteiger partial charge in [0, 0.05) is 12.0 Å². The Balaban J connectivity index is 1.69. The number of hydrogen-bond donors (Lipinski definition) is 0. The van der Waals surface area contributed by atoms with Crippen LogP contribution in [0.5, 0.6) is 5.75 Å². The minimum absolute atomic E-state index is 0.121. The minimum atomic E-state index is -0.284. The number of fused-ring (bicyclic) bond motifs is 1. The number of ether oxygens (including phenoxy) is 1. The smallest absolute Gasteiger partial charge is 0.340 e. The van der Waals surface area contributed by atoms with E-state index in [4.69, 9.17) is 9.15 Å². The van der Waals surface area contributed by atoms with Gasteiger partial charge in [-0.2, -0.15) is 0 Å². The van der Waals surface area contributed by atoms with Crippen LogP contribution in [-0.2, 0) is 18.4 Å². The molecule has 0 amide bonds. The fraction of sp³-hybridized carbons (Fsp3) is 0.276. The van der Waals surface area contributed by atoms with E-state index in [0.717, 1.165) is 33.4 Å². The number of benzene rings is 3. The summed E-state index contributed by atoms with van der Waals surface area (Å²) in [5.74, 6) is 0.746. The molecule has 32 heavy (non-hydrogen) atoms. The van der Waals surface area contributed by atoms with Gasteiger partial charge >= 0.3 is 5.63 Å². The molecule has 0 aliphatic carbocycles. The summed E-state index contributed by atoms with van der Waals surface area (Å²) in [6.45, 7) is 11.0. The van der Waals surface area contributed by atoms with E-state index in [1.165, 1.54) is 5.56 Å². The Morgan fingerprint density at radius 1 is 0.875 bits per heavy atom. The van der Waals surface area contributed by atoms with Crippen LogP contribution in [0, 0.1) is 13.8 Å². The molecule has 0 radical (unpaired) electrons. The van der Waals surface area contributed by atoms with Crippen molar-refractivity contribution < 1.29 is 9.15 Å². The van der Waals surface area contributed by atoms with Crippen LogP contribution in [0.25, 0.3) is 11.0 Å². The molecule has 0 fully saturated rings. The van der Waals surface area contributed by atoms with E-state index in [0.29, 0.717) is 24.2 Å². The lowest BCUT2D eigenvalue weighted by Crippen LogP contribution is -2.12. The Morgan fingerprint density at radius 2 is 1.56 bits per heavy atom. The first-order chi connectivity index (χ1) is 15.2. The number of aryl methyl sites for hydroxylation is 2. The summed E-state index contributed by atoms with van der Waals surface area (Å²) in [5.41, 5.74) is 6.47.